The van der Waals surface area contributed by atoms with Crippen LogP contribution in [0.1, 0.15) is 72.3 Å². The van der Waals surface area contributed by atoms with E-state index in [1.54, 1.807) is 44.2 Å². The Hall–Kier alpha value is -6.32. The van der Waals surface area contributed by atoms with E-state index in [9.17, 15) is 63.3 Å². The Labute approximate surface area is 406 Å². The summed E-state index contributed by atoms with van der Waals surface area (Å²) >= 11 is 0. The molecule has 0 saturated carbocycles. The SMILES string of the molecule is CC(=O)NC(C(=O)N[C@H](CO)C(=O)N[C@H]1CCNC(=O)C(C(C)O)NC(=O)[C@H](CCN)NC(=O)[C@H](CCN)NC(=O)[C@H](CC(C)C)NC(=O)[C@@H](Cc2ccccc2)NC(=O)[C@H](CCN)NC1=O)C(C)O. The summed E-state index contributed by atoms with van der Waals surface area (Å²) in [7, 11) is 0. The molecule has 1 heterocycles. The van der Waals surface area contributed by atoms with Crippen LogP contribution in [0.5, 0.6) is 0 Å². The molecule has 70 heavy (non-hydrogen) atoms. The van der Waals surface area contributed by atoms with Gasteiger partial charge in [0.1, 0.15) is 54.4 Å². The van der Waals surface area contributed by atoms with E-state index >= 15 is 0 Å². The molecule has 1 saturated heterocycles. The molecule has 1 fully saturated rings. The van der Waals surface area contributed by atoms with E-state index in [2.05, 4.69) is 53.2 Å². The second kappa shape index (κ2) is 30.3. The van der Waals surface area contributed by atoms with Crippen molar-refractivity contribution in [1.29, 1.82) is 0 Å². The number of aliphatic hydroxyl groups is 3. The minimum atomic E-state index is -1.78. The van der Waals surface area contributed by atoms with Gasteiger partial charge in [0.15, 0.2) is 0 Å². The van der Waals surface area contributed by atoms with Crippen LogP contribution < -0.4 is 70.4 Å². The van der Waals surface area contributed by atoms with Crippen LogP contribution in [0.15, 0.2) is 30.3 Å². The molecule has 0 bridgehead atoms. The summed E-state index contributed by atoms with van der Waals surface area (Å²) in [5, 5.41) is 55.4. The van der Waals surface area contributed by atoms with Crippen LogP contribution in [0.25, 0.3) is 0 Å². The van der Waals surface area contributed by atoms with E-state index in [0.29, 0.717) is 5.56 Å². The maximum Gasteiger partial charge on any atom is 0.245 e. The fourth-order valence-corrected chi connectivity index (χ4v) is 7.16. The lowest BCUT2D eigenvalue weighted by molar-refractivity contribution is -0.136. The summed E-state index contributed by atoms with van der Waals surface area (Å²) in [6.45, 7) is 5.08. The third-order valence-electron chi connectivity index (χ3n) is 10.9. The number of amides is 10. The van der Waals surface area contributed by atoms with E-state index in [4.69, 9.17) is 17.2 Å². The van der Waals surface area contributed by atoms with Crippen molar-refractivity contribution in [3.63, 3.8) is 0 Å². The average Bonchev–Trinajstić information content (AvgIpc) is 3.29. The summed E-state index contributed by atoms with van der Waals surface area (Å²) in [6, 6.07) is -5.08. The van der Waals surface area contributed by atoms with Crippen molar-refractivity contribution in [3.05, 3.63) is 35.9 Å². The van der Waals surface area contributed by atoms with Gasteiger partial charge < -0.3 is 85.7 Å². The number of nitrogens with two attached hydrogens (primary N) is 3. The van der Waals surface area contributed by atoms with E-state index in [-0.39, 0.29) is 57.7 Å². The number of aliphatic hydroxyl groups excluding tert-OH is 3. The zero-order valence-corrected chi connectivity index (χ0v) is 40.2. The monoisotopic (exact) mass is 992 g/mol. The van der Waals surface area contributed by atoms with Gasteiger partial charge in [-0.25, -0.2) is 0 Å². The molecule has 10 amide bonds. The zero-order chi connectivity index (χ0) is 52.7. The lowest BCUT2D eigenvalue weighted by Crippen LogP contribution is -2.61. The number of benzene rings is 1. The van der Waals surface area contributed by atoms with Gasteiger partial charge in [-0.05, 0) is 77.1 Å². The van der Waals surface area contributed by atoms with Crippen LogP contribution in [0.3, 0.4) is 0 Å². The van der Waals surface area contributed by atoms with Gasteiger partial charge in [-0.3, -0.25) is 47.9 Å². The van der Waals surface area contributed by atoms with Crippen molar-refractivity contribution in [2.75, 3.05) is 32.8 Å². The summed E-state index contributed by atoms with van der Waals surface area (Å²) in [5.74, 6) is -9.53. The Balaban J connectivity index is 2.73. The van der Waals surface area contributed by atoms with Crippen LogP contribution in [0.2, 0.25) is 0 Å². The largest absolute Gasteiger partial charge is 0.394 e. The number of rotatable bonds is 18. The smallest absolute Gasteiger partial charge is 0.245 e. The van der Waals surface area contributed by atoms with Crippen molar-refractivity contribution in [2.24, 2.45) is 23.1 Å². The van der Waals surface area contributed by atoms with Gasteiger partial charge in [0.25, 0.3) is 0 Å². The van der Waals surface area contributed by atoms with Gasteiger partial charge in [0.05, 0.1) is 18.8 Å². The number of carbonyl (C=O) groups excluding carboxylic acids is 10. The molecule has 19 N–H and O–H groups in total. The number of hydrogen-bond acceptors (Lipinski definition) is 16. The molecule has 4 unspecified atom stereocenters. The van der Waals surface area contributed by atoms with Gasteiger partial charge in [-0.15, -0.1) is 0 Å². The standard InChI is InChI=1S/C44H73N13O13/c1-22(2)19-31-40(66)52-27(11-15-45)36(62)51-29(13-17-47)39(65)57-34(23(3)59)43(69)48-18-14-30(53-42(68)33(21-58)56-44(70)35(24(4)60)49-25(5)61)38(64)50-28(12-16-46)37(63)55-32(41(67)54-31)20-26-9-7-6-8-10-26/h6-10,22-24,27-35,58-60H,11-21,45-47H2,1-5H3,(H,48,69)(H,49,61)(H,50,64)(H,51,62)(H,52,66)(H,53,68)(H,54,67)(H,55,63)(H,56,70)(H,57,65)/t23?,24?,27-,28-,29-,30-,31-,32+,33+,34?,35?/m0/s1. The summed E-state index contributed by atoms with van der Waals surface area (Å²) < 4.78 is 0. The Morgan fingerprint density at radius 1 is 0.643 bits per heavy atom. The van der Waals surface area contributed by atoms with Crippen LogP contribution >= 0.6 is 0 Å². The van der Waals surface area contributed by atoms with Crippen molar-refractivity contribution in [3.8, 4) is 0 Å². The minimum Gasteiger partial charge on any atom is -0.394 e. The highest BCUT2D eigenvalue weighted by molar-refractivity contribution is 5.98. The molecule has 2 rings (SSSR count). The van der Waals surface area contributed by atoms with Crippen LogP contribution in [-0.4, -0.2) is 174 Å². The molecule has 0 aromatic heterocycles. The molecular formula is C44H73N13O13. The van der Waals surface area contributed by atoms with Crippen molar-refractivity contribution in [2.45, 2.75) is 140 Å². The molecule has 1 aromatic carbocycles. The molecule has 1 aliphatic heterocycles. The van der Waals surface area contributed by atoms with Gasteiger partial charge in [0.2, 0.25) is 59.1 Å². The van der Waals surface area contributed by atoms with E-state index < -0.39 is 145 Å². The van der Waals surface area contributed by atoms with E-state index in [1.165, 1.54) is 13.8 Å². The van der Waals surface area contributed by atoms with Crippen molar-refractivity contribution >= 4 is 59.1 Å². The normalized spacial score (nSPS) is 24.4. The summed E-state index contributed by atoms with van der Waals surface area (Å²) in [4.78, 5) is 136. The third kappa shape index (κ3) is 20.0. The maximum atomic E-state index is 14.2. The van der Waals surface area contributed by atoms with Crippen molar-refractivity contribution < 1.29 is 63.3 Å². The third-order valence-corrected chi connectivity index (χ3v) is 10.9. The van der Waals surface area contributed by atoms with E-state index in [1.807, 2.05) is 0 Å². The Morgan fingerprint density at radius 3 is 1.59 bits per heavy atom. The second-order valence-corrected chi connectivity index (χ2v) is 17.4. The first-order valence-electron chi connectivity index (χ1n) is 23.2. The molecule has 11 atom stereocenters. The minimum absolute atomic E-state index is 0.0533. The Bertz CT molecular complexity index is 1940. The molecule has 392 valence electrons. The average molecular weight is 992 g/mol. The lowest BCUT2D eigenvalue weighted by atomic mass is 10.00. The predicted octanol–water partition coefficient (Wildman–Crippen LogP) is -7.02. The fraction of sp³-hybridized carbons (Fsp3) is 0.636. The highest BCUT2D eigenvalue weighted by Crippen LogP contribution is 2.11. The second-order valence-electron chi connectivity index (χ2n) is 17.4. The first kappa shape index (κ1) is 59.8. The van der Waals surface area contributed by atoms with Gasteiger partial charge >= 0.3 is 0 Å². The predicted molar refractivity (Wildman–Crippen MR) is 252 cm³/mol. The summed E-state index contributed by atoms with van der Waals surface area (Å²) in [6.07, 6.45) is -4.04. The lowest BCUT2D eigenvalue weighted by Gasteiger charge is -2.28. The van der Waals surface area contributed by atoms with Gasteiger partial charge in [0, 0.05) is 19.9 Å². The molecule has 26 nitrogen and oxygen atoms in total. The van der Waals surface area contributed by atoms with Crippen LogP contribution in [0.4, 0.5) is 0 Å². The first-order valence-corrected chi connectivity index (χ1v) is 23.2. The highest BCUT2D eigenvalue weighted by Gasteiger charge is 2.36. The molecular weight excluding hydrogens is 919 g/mol. The summed E-state index contributed by atoms with van der Waals surface area (Å²) in [5.41, 5.74) is 18.1. The molecule has 26 heteroatoms. The first-order chi connectivity index (χ1) is 33.1. The van der Waals surface area contributed by atoms with Crippen LogP contribution in [0, 0.1) is 5.92 Å². The Kier molecular flexibility index (Phi) is 25.9. The van der Waals surface area contributed by atoms with Crippen molar-refractivity contribution in [1.82, 2.24) is 53.2 Å². The molecule has 1 aromatic rings. The molecule has 0 aliphatic carbocycles. The topological polar surface area (TPSA) is 430 Å². The molecule has 1 aliphatic rings. The maximum absolute atomic E-state index is 14.2. The quantitative estimate of drug-likeness (QED) is 0.0650. The van der Waals surface area contributed by atoms with Gasteiger partial charge in [-0.2, -0.15) is 0 Å². The number of hydrogen-bond donors (Lipinski definition) is 16. The number of nitrogens with one attached hydrogen (secondary N) is 10. The Morgan fingerprint density at radius 2 is 1.11 bits per heavy atom. The molecule has 0 spiro atoms. The zero-order valence-electron chi connectivity index (χ0n) is 40.2. The van der Waals surface area contributed by atoms with Crippen LogP contribution in [-0.2, 0) is 54.4 Å². The fourth-order valence-electron chi connectivity index (χ4n) is 7.16. The molecule has 0 radical (unpaired) electrons. The number of carbonyl (C=O) groups is 10. The van der Waals surface area contributed by atoms with E-state index in [0.717, 1.165) is 6.92 Å². The van der Waals surface area contributed by atoms with Gasteiger partial charge in [-0.1, -0.05) is 44.2 Å². The highest BCUT2D eigenvalue weighted by atomic mass is 16.3.